The summed E-state index contributed by atoms with van der Waals surface area (Å²) in [6.07, 6.45) is 11.1. The minimum Gasteiger partial charge on any atom is -0.465 e. The molecule has 4 nitrogen and oxygen atoms in total. The predicted molar refractivity (Wildman–Crippen MR) is 115 cm³/mol. The first-order valence-corrected chi connectivity index (χ1v) is 12.1. The van der Waals surface area contributed by atoms with Crippen LogP contribution in [0, 0.1) is 22.7 Å². The Labute approximate surface area is 178 Å². The van der Waals surface area contributed by atoms with Crippen molar-refractivity contribution in [1.29, 1.82) is 0 Å². The fraction of sp³-hybridized carbons (Fsp3) is 0.960. The Bertz CT molecular complexity index is 560. The number of carbonyl (C=O) groups excluding carboxylic acids is 1. The van der Waals surface area contributed by atoms with Gasteiger partial charge in [0.25, 0.3) is 0 Å². The second kappa shape index (κ2) is 8.86. The molecule has 1 aliphatic heterocycles. The van der Waals surface area contributed by atoms with Crippen molar-refractivity contribution in [1.82, 2.24) is 0 Å². The van der Waals surface area contributed by atoms with Crippen molar-refractivity contribution >= 4 is 5.97 Å². The lowest BCUT2D eigenvalue weighted by molar-refractivity contribution is -0.193. The maximum absolute atomic E-state index is 13.2. The molecule has 1 heterocycles. The zero-order valence-electron chi connectivity index (χ0n) is 19.7. The number of rotatable bonds is 6. The highest BCUT2D eigenvalue weighted by molar-refractivity contribution is 5.76. The lowest BCUT2D eigenvalue weighted by atomic mass is 9.67. The highest BCUT2D eigenvalue weighted by Crippen LogP contribution is 2.46. The molecule has 0 bridgehead atoms. The lowest BCUT2D eigenvalue weighted by Gasteiger charge is -2.38. The number of ether oxygens (including phenoxy) is 3. The van der Waals surface area contributed by atoms with Crippen LogP contribution in [-0.4, -0.2) is 30.6 Å². The summed E-state index contributed by atoms with van der Waals surface area (Å²) >= 11 is 0. The summed E-state index contributed by atoms with van der Waals surface area (Å²) in [5, 5.41) is 0. The van der Waals surface area contributed by atoms with Gasteiger partial charge in [0, 0.05) is 12.8 Å². The van der Waals surface area contributed by atoms with Crippen LogP contribution in [-0.2, 0) is 19.0 Å². The van der Waals surface area contributed by atoms with Crippen LogP contribution in [0.3, 0.4) is 0 Å². The second-order valence-corrected chi connectivity index (χ2v) is 11.5. The number of hydrogen-bond acceptors (Lipinski definition) is 4. The summed E-state index contributed by atoms with van der Waals surface area (Å²) in [5.41, 5.74) is -0.331. The van der Waals surface area contributed by atoms with E-state index < -0.39 is 5.41 Å². The van der Waals surface area contributed by atoms with Gasteiger partial charge in [-0.2, -0.15) is 0 Å². The van der Waals surface area contributed by atoms with E-state index in [2.05, 4.69) is 41.5 Å². The fourth-order valence-electron chi connectivity index (χ4n) is 5.86. The van der Waals surface area contributed by atoms with Gasteiger partial charge in [-0.05, 0) is 62.7 Å². The highest BCUT2D eigenvalue weighted by atomic mass is 16.8. The average Bonchev–Trinajstić information content (AvgIpc) is 3.00. The van der Waals surface area contributed by atoms with Crippen LogP contribution in [0.15, 0.2) is 0 Å². The van der Waals surface area contributed by atoms with Gasteiger partial charge in [-0.25, -0.2) is 0 Å². The molecule has 0 N–H and O–H groups in total. The monoisotopic (exact) mass is 408 g/mol. The molecular formula is C25H44O4. The molecule has 3 fully saturated rings. The largest absolute Gasteiger partial charge is 0.465 e. The normalized spacial score (nSPS) is 32.4. The summed E-state index contributed by atoms with van der Waals surface area (Å²) in [7, 11) is 0. The Hall–Kier alpha value is -0.610. The maximum atomic E-state index is 13.2. The van der Waals surface area contributed by atoms with E-state index in [0.717, 1.165) is 44.9 Å². The van der Waals surface area contributed by atoms with Crippen LogP contribution >= 0.6 is 0 Å². The molecule has 1 saturated heterocycles. The Balaban J connectivity index is 1.55. The third-order valence-corrected chi connectivity index (χ3v) is 7.70. The van der Waals surface area contributed by atoms with Gasteiger partial charge in [-0.1, -0.05) is 47.5 Å². The average molecular weight is 409 g/mol. The van der Waals surface area contributed by atoms with Gasteiger partial charge in [-0.15, -0.1) is 0 Å². The summed E-state index contributed by atoms with van der Waals surface area (Å²) in [6, 6.07) is 0. The van der Waals surface area contributed by atoms with Crippen LogP contribution in [0.2, 0.25) is 0 Å². The lowest BCUT2D eigenvalue weighted by Crippen LogP contribution is -2.40. The molecule has 0 aromatic rings. The van der Waals surface area contributed by atoms with Gasteiger partial charge in [0.1, 0.15) is 0 Å². The molecule has 29 heavy (non-hydrogen) atoms. The molecule has 4 heteroatoms. The van der Waals surface area contributed by atoms with Crippen LogP contribution in [0.4, 0.5) is 0 Å². The van der Waals surface area contributed by atoms with E-state index >= 15 is 0 Å². The molecule has 5 atom stereocenters. The van der Waals surface area contributed by atoms with Crippen LogP contribution in [0.5, 0.6) is 0 Å². The minimum absolute atomic E-state index is 0.0174. The van der Waals surface area contributed by atoms with E-state index in [1.807, 2.05) is 0 Å². The quantitative estimate of drug-likeness (QED) is 0.486. The molecule has 168 valence electrons. The van der Waals surface area contributed by atoms with E-state index in [9.17, 15) is 4.79 Å². The van der Waals surface area contributed by atoms with Crippen molar-refractivity contribution in [2.45, 2.75) is 124 Å². The van der Waals surface area contributed by atoms with E-state index in [-0.39, 0.29) is 29.4 Å². The SMILES string of the molecule is CCC(C)C(C)(CC(C)(C)C)C(=O)OCC1CCC2OC3(CCCCC3)OC2C1. The smallest absolute Gasteiger partial charge is 0.312 e. The molecule has 1 spiro atoms. The molecule has 0 radical (unpaired) electrons. The third kappa shape index (κ3) is 5.36. The molecule has 3 aliphatic rings. The molecule has 3 rings (SSSR count). The number of carbonyl (C=O) groups is 1. The summed E-state index contributed by atoms with van der Waals surface area (Å²) in [6.45, 7) is 13.6. The summed E-state index contributed by atoms with van der Waals surface area (Å²) in [4.78, 5) is 13.2. The minimum atomic E-state index is -0.427. The summed E-state index contributed by atoms with van der Waals surface area (Å²) < 4.78 is 18.8. The van der Waals surface area contributed by atoms with Gasteiger partial charge in [0.15, 0.2) is 5.79 Å². The first-order valence-electron chi connectivity index (χ1n) is 12.1. The molecular weight excluding hydrogens is 364 g/mol. The Morgan fingerprint density at radius 1 is 1.07 bits per heavy atom. The van der Waals surface area contributed by atoms with E-state index in [4.69, 9.17) is 14.2 Å². The highest BCUT2D eigenvalue weighted by Gasteiger charge is 2.50. The van der Waals surface area contributed by atoms with E-state index in [0.29, 0.717) is 18.4 Å². The molecule has 0 amide bonds. The van der Waals surface area contributed by atoms with Gasteiger partial charge in [0.05, 0.1) is 24.2 Å². The van der Waals surface area contributed by atoms with Gasteiger partial charge < -0.3 is 14.2 Å². The van der Waals surface area contributed by atoms with Crippen LogP contribution in [0.25, 0.3) is 0 Å². The molecule has 0 aromatic carbocycles. The Morgan fingerprint density at radius 2 is 1.72 bits per heavy atom. The predicted octanol–water partition coefficient (Wildman–Crippen LogP) is 6.26. The van der Waals surface area contributed by atoms with Crippen molar-refractivity contribution in [2.24, 2.45) is 22.7 Å². The molecule has 5 unspecified atom stereocenters. The number of esters is 1. The number of fused-ring (bicyclic) bond motifs is 1. The molecule has 2 aliphatic carbocycles. The van der Waals surface area contributed by atoms with Gasteiger partial charge >= 0.3 is 5.97 Å². The Morgan fingerprint density at radius 3 is 2.34 bits per heavy atom. The van der Waals surface area contributed by atoms with E-state index in [1.165, 1.54) is 19.3 Å². The van der Waals surface area contributed by atoms with E-state index in [1.54, 1.807) is 0 Å². The standard InChI is InChI=1S/C25H44O4/c1-7-18(2)24(6,17-23(3,4)5)22(26)27-16-19-11-12-20-21(15-19)29-25(28-20)13-9-8-10-14-25/h18-21H,7-17H2,1-6H3. The zero-order chi connectivity index (χ0) is 21.3. The van der Waals surface area contributed by atoms with Crippen molar-refractivity contribution < 1.29 is 19.0 Å². The number of hydrogen-bond donors (Lipinski definition) is 0. The van der Waals surface area contributed by atoms with Gasteiger partial charge in [-0.3, -0.25) is 4.79 Å². The Kier molecular flexibility index (Phi) is 7.05. The third-order valence-electron chi connectivity index (χ3n) is 7.70. The topological polar surface area (TPSA) is 44.8 Å². The van der Waals surface area contributed by atoms with Crippen molar-refractivity contribution in [2.75, 3.05) is 6.61 Å². The molecule has 0 aromatic heterocycles. The maximum Gasteiger partial charge on any atom is 0.312 e. The summed E-state index contributed by atoms with van der Waals surface area (Å²) in [5.74, 6) is 0.373. The van der Waals surface area contributed by atoms with Crippen molar-refractivity contribution in [3.05, 3.63) is 0 Å². The van der Waals surface area contributed by atoms with Crippen LogP contribution in [0.1, 0.15) is 106 Å². The van der Waals surface area contributed by atoms with Crippen molar-refractivity contribution in [3.8, 4) is 0 Å². The van der Waals surface area contributed by atoms with Gasteiger partial charge in [0.2, 0.25) is 0 Å². The second-order valence-electron chi connectivity index (χ2n) is 11.5. The molecule has 2 saturated carbocycles. The van der Waals surface area contributed by atoms with Crippen LogP contribution < -0.4 is 0 Å². The first kappa shape index (κ1) is 23.1. The fourth-order valence-corrected chi connectivity index (χ4v) is 5.86. The zero-order valence-corrected chi connectivity index (χ0v) is 19.7. The first-order chi connectivity index (χ1) is 13.6. The van der Waals surface area contributed by atoms with Crippen molar-refractivity contribution in [3.63, 3.8) is 0 Å².